The first-order chi connectivity index (χ1) is 12.1. The number of carbonyl (C=O) groups excluding carboxylic acids is 2. The van der Waals surface area contributed by atoms with Gasteiger partial charge in [0, 0.05) is 4.47 Å². The number of imidazole rings is 1. The van der Waals surface area contributed by atoms with E-state index in [2.05, 4.69) is 31.2 Å². The molecule has 0 bridgehead atoms. The number of aromatic amines is 1. The summed E-state index contributed by atoms with van der Waals surface area (Å²) < 4.78 is 5.67. The SMILES string of the molecule is COC(=O)c1ccccc1NC(=O)CSc1nc2ccc(Br)cc2[nH]1. The number of benzene rings is 2. The second-order valence-electron chi connectivity index (χ2n) is 5.08. The van der Waals surface area contributed by atoms with E-state index in [0.717, 1.165) is 15.5 Å². The van der Waals surface area contributed by atoms with Crippen molar-refractivity contribution in [1.82, 2.24) is 9.97 Å². The van der Waals surface area contributed by atoms with Gasteiger partial charge in [0.2, 0.25) is 5.91 Å². The average Bonchev–Trinajstić information content (AvgIpc) is 3.02. The Bertz CT molecular complexity index is 942. The van der Waals surface area contributed by atoms with Crippen molar-refractivity contribution < 1.29 is 14.3 Å². The van der Waals surface area contributed by atoms with E-state index in [1.54, 1.807) is 24.3 Å². The van der Waals surface area contributed by atoms with E-state index in [4.69, 9.17) is 4.74 Å². The van der Waals surface area contributed by atoms with Crippen LogP contribution in [0.2, 0.25) is 0 Å². The smallest absolute Gasteiger partial charge is 0.339 e. The molecular weight excluding hydrogens is 406 g/mol. The Morgan fingerprint density at radius 1 is 1.28 bits per heavy atom. The maximum absolute atomic E-state index is 12.2. The van der Waals surface area contributed by atoms with Crippen molar-refractivity contribution in [2.75, 3.05) is 18.2 Å². The highest BCUT2D eigenvalue weighted by molar-refractivity contribution is 9.10. The van der Waals surface area contributed by atoms with Gasteiger partial charge < -0.3 is 15.0 Å². The number of methoxy groups -OCH3 is 1. The summed E-state index contributed by atoms with van der Waals surface area (Å²) in [6, 6.07) is 12.5. The second kappa shape index (κ2) is 7.71. The zero-order valence-electron chi connectivity index (χ0n) is 13.2. The lowest BCUT2D eigenvalue weighted by Crippen LogP contribution is -2.17. The molecule has 2 aromatic carbocycles. The molecule has 0 unspecified atom stereocenters. The lowest BCUT2D eigenvalue weighted by Gasteiger charge is -2.08. The molecule has 0 aliphatic carbocycles. The maximum Gasteiger partial charge on any atom is 0.339 e. The highest BCUT2D eigenvalue weighted by Gasteiger charge is 2.14. The first-order valence-electron chi connectivity index (χ1n) is 7.32. The number of para-hydroxylation sites is 1. The molecule has 0 atom stereocenters. The van der Waals surface area contributed by atoms with Crippen LogP contribution in [0, 0.1) is 0 Å². The van der Waals surface area contributed by atoms with Gasteiger partial charge in [-0.3, -0.25) is 4.79 Å². The molecular formula is C17H14BrN3O3S. The number of nitrogens with zero attached hydrogens (tertiary/aromatic N) is 1. The largest absolute Gasteiger partial charge is 0.465 e. The van der Waals surface area contributed by atoms with Crippen molar-refractivity contribution in [2.45, 2.75) is 5.16 Å². The van der Waals surface area contributed by atoms with Crippen LogP contribution in [0.5, 0.6) is 0 Å². The summed E-state index contributed by atoms with van der Waals surface area (Å²) >= 11 is 4.70. The highest BCUT2D eigenvalue weighted by Crippen LogP contribution is 2.23. The summed E-state index contributed by atoms with van der Waals surface area (Å²) in [5, 5.41) is 3.39. The molecule has 0 spiro atoms. The quantitative estimate of drug-likeness (QED) is 0.484. The predicted molar refractivity (Wildman–Crippen MR) is 101 cm³/mol. The number of carbonyl (C=O) groups is 2. The third-order valence-corrected chi connectivity index (χ3v) is 4.74. The van der Waals surface area contributed by atoms with Crippen LogP contribution in [0.15, 0.2) is 52.1 Å². The molecule has 3 rings (SSSR count). The zero-order valence-corrected chi connectivity index (χ0v) is 15.6. The number of thioether (sulfide) groups is 1. The van der Waals surface area contributed by atoms with E-state index < -0.39 is 5.97 Å². The number of hydrogen-bond donors (Lipinski definition) is 2. The molecule has 0 saturated heterocycles. The number of H-pyrrole nitrogens is 1. The van der Waals surface area contributed by atoms with E-state index in [9.17, 15) is 9.59 Å². The maximum atomic E-state index is 12.2. The highest BCUT2D eigenvalue weighted by atomic mass is 79.9. The van der Waals surface area contributed by atoms with Crippen LogP contribution in [0.1, 0.15) is 10.4 Å². The fourth-order valence-corrected chi connectivity index (χ4v) is 3.27. The number of halogens is 1. The summed E-state index contributed by atoms with van der Waals surface area (Å²) in [7, 11) is 1.30. The van der Waals surface area contributed by atoms with Crippen molar-refractivity contribution in [3.63, 3.8) is 0 Å². The Morgan fingerprint density at radius 3 is 2.88 bits per heavy atom. The molecule has 3 aromatic rings. The van der Waals surface area contributed by atoms with E-state index in [-0.39, 0.29) is 11.7 Å². The van der Waals surface area contributed by atoms with Crippen LogP contribution >= 0.6 is 27.7 Å². The van der Waals surface area contributed by atoms with Gasteiger partial charge in [-0.15, -0.1) is 0 Å². The number of amides is 1. The number of fused-ring (bicyclic) bond motifs is 1. The van der Waals surface area contributed by atoms with Crippen LogP contribution in [-0.4, -0.2) is 34.7 Å². The minimum atomic E-state index is -0.494. The van der Waals surface area contributed by atoms with Gasteiger partial charge in [0.1, 0.15) is 0 Å². The van der Waals surface area contributed by atoms with E-state index in [0.29, 0.717) is 16.4 Å². The molecule has 2 N–H and O–H groups in total. The molecule has 0 aliphatic heterocycles. The normalized spacial score (nSPS) is 10.6. The van der Waals surface area contributed by atoms with Crippen molar-refractivity contribution in [3.05, 3.63) is 52.5 Å². The van der Waals surface area contributed by atoms with Crippen molar-refractivity contribution in [1.29, 1.82) is 0 Å². The fourth-order valence-electron chi connectivity index (χ4n) is 2.23. The standard InChI is InChI=1S/C17H14BrN3O3S/c1-24-16(23)11-4-2-3-5-12(11)19-15(22)9-25-17-20-13-7-6-10(18)8-14(13)21-17/h2-8H,9H2,1H3,(H,19,22)(H,20,21). The van der Waals surface area contributed by atoms with Gasteiger partial charge in [0.25, 0.3) is 0 Å². The monoisotopic (exact) mass is 419 g/mol. The molecule has 0 saturated carbocycles. The van der Waals surface area contributed by atoms with E-state index >= 15 is 0 Å². The summed E-state index contributed by atoms with van der Waals surface area (Å²) in [6.45, 7) is 0. The number of esters is 1. The Morgan fingerprint density at radius 2 is 2.08 bits per heavy atom. The molecule has 0 fully saturated rings. The lowest BCUT2D eigenvalue weighted by atomic mass is 10.2. The van der Waals surface area contributed by atoms with Gasteiger partial charge in [-0.1, -0.05) is 39.8 Å². The predicted octanol–water partition coefficient (Wildman–Crippen LogP) is 3.84. The summed E-state index contributed by atoms with van der Waals surface area (Å²) in [4.78, 5) is 31.5. The Labute approximate surface area is 156 Å². The zero-order chi connectivity index (χ0) is 17.8. The lowest BCUT2D eigenvalue weighted by molar-refractivity contribution is -0.113. The third kappa shape index (κ3) is 4.21. The van der Waals surface area contributed by atoms with Gasteiger partial charge in [-0.05, 0) is 30.3 Å². The first kappa shape index (κ1) is 17.5. The minimum absolute atomic E-state index is 0.163. The molecule has 1 aromatic heterocycles. The van der Waals surface area contributed by atoms with Crippen LogP contribution < -0.4 is 5.32 Å². The first-order valence-corrected chi connectivity index (χ1v) is 9.10. The van der Waals surface area contributed by atoms with Gasteiger partial charge in [-0.25, -0.2) is 9.78 Å². The van der Waals surface area contributed by atoms with Crippen LogP contribution in [0.4, 0.5) is 5.69 Å². The Balaban J connectivity index is 1.66. The molecule has 1 heterocycles. The van der Waals surface area contributed by atoms with Crippen LogP contribution in [0.25, 0.3) is 11.0 Å². The molecule has 6 nitrogen and oxygen atoms in total. The van der Waals surface area contributed by atoms with Gasteiger partial charge >= 0.3 is 5.97 Å². The number of aromatic nitrogens is 2. The van der Waals surface area contributed by atoms with Crippen molar-refractivity contribution >= 4 is 56.3 Å². The summed E-state index contributed by atoms with van der Waals surface area (Å²) in [6.07, 6.45) is 0. The van der Waals surface area contributed by atoms with Crippen molar-refractivity contribution in [2.24, 2.45) is 0 Å². The second-order valence-corrected chi connectivity index (χ2v) is 6.96. The molecule has 128 valence electrons. The van der Waals surface area contributed by atoms with Gasteiger partial charge in [0.05, 0.1) is 35.1 Å². The minimum Gasteiger partial charge on any atom is -0.465 e. The third-order valence-electron chi connectivity index (χ3n) is 3.37. The molecule has 0 radical (unpaired) electrons. The molecule has 25 heavy (non-hydrogen) atoms. The molecule has 1 amide bonds. The van der Waals surface area contributed by atoms with E-state index in [1.165, 1.54) is 18.9 Å². The van der Waals surface area contributed by atoms with E-state index in [1.807, 2.05) is 18.2 Å². The van der Waals surface area contributed by atoms with Gasteiger partial charge in [-0.2, -0.15) is 0 Å². The number of nitrogens with one attached hydrogen (secondary N) is 2. The van der Waals surface area contributed by atoms with Crippen LogP contribution in [-0.2, 0) is 9.53 Å². The number of ether oxygens (including phenoxy) is 1. The van der Waals surface area contributed by atoms with Crippen molar-refractivity contribution in [3.8, 4) is 0 Å². The average molecular weight is 420 g/mol. The number of hydrogen-bond acceptors (Lipinski definition) is 5. The van der Waals surface area contributed by atoms with Gasteiger partial charge in [0.15, 0.2) is 5.16 Å². The topological polar surface area (TPSA) is 84.1 Å². The molecule has 8 heteroatoms. The number of anilines is 1. The Kier molecular flexibility index (Phi) is 5.40. The number of rotatable bonds is 5. The molecule has 0 aliphatic rings. The summed E-state index contributed by atoms with van der Waals surface area (Å²) in [5.74, 6) is -0.564. The van der Waals surface area contributed by atoms with Crippen LogP contribution in [0.3, 0.4) is 0 Å². The Hall–Kier alpha value is -2.32. The summed E-state index contributed by atoms with van der Waals surface area (Å²) in [5.41, 5.74) is 2.47. The fraction of sp³-hybridized carbons (Fsp3) is 0.118.